The van der Waals surface area contributed by atoms with E-state index in [-0.39, 0.29) is 17.8 Å². The summed E-state index contributed by atoms with van der Waals surface area (Å²) in [6.07, 6.45) is 3.58. The molecule has 0 aromatic heterocycles. The summed E-state index contributed by atoms with van der Waals surface area (Å²) in [6.45, 7) is 4.94. The number of rotatable bonds is 4. The highest BCUT2D eigenvalue weighted by atomic mass is 19.1. The molecule has 1 aromatic carbocycles. The van der Waals surface area contributed by atoms with Gasteiger partial charge in [-0.2, -0.15) is 0 Å². The molecule has 3 nitrogen and oxygen atoms in total. The minimum Gasteiger partial charge on any atom is -0.384 e. The number of nitrogens with one attached hydrogen (secondary N) is 1. The zero-order valence-corrected chi connectivity index (χ0v) is 12.2. The molecule has 3 atom stereocenters. The molecule has 1 fully saturated rings. The molecule has 1 aliphatic rings. The molecular formula is C16H23FN2O. The summed E-state index contributed by atoms with van der Waals surface area (Å²) >= 11 is 0. The van der Waals surface area contributed by atoms with Gasteiger partial charge in [0.15, 0.2) is 0 Å². The smallest absolute Gasteiger partial charge is 0.123 e. The summed E-state index contributed by atoms with van der Waals surface area (Å²) in [4.78, 5) is 0. The van der Waals surface area contributed by atoms with Crippen LogP contribution in [0.5, 0.6) is 0 Å². The van der Waals surface area contributed by atoms with Crippen LogP contribution >= 0.6 is 0 Å². The summed E-state index contributed by atoms with van der Waals surface area (Å²) in [6, 6.07) is 4.34. The van der Waals surface area contributed by atoms with Crippen molar-refractivity contribution in [1.82, 2.24) is 0 Å². The number of nitrogen functional groups attached to an aromatic ring is 1. The van der Waals surface area contributed by atoms with Gasteiger partial charge in [0.2, 0.25) is 0 Å². The van der Waals surface area contributed by atoms with Crippen LogP contribution in [0.25, 0.3) is 0 Å². The van der Waals surface area contributed by atoms with Crippen LogP contribution in [0.15, 0.2) is 18.2 Å². The second kappa shape index (κ2) is 6.35. The van der Waals surface area contributed by atoms with Crippen LogP contribution in [0, 0.1) is 23.1 Å². The van der Waals surface area contributed by atoms with Crippen molar-refractivity contribution < 1.29 is 9.13 Å². The molecular weight excluding hydrogens is 255 g/mol. The molecule has 0 radical (unpaired) electrons. The molecule has 1 aliphatic carbocycles. The fourth-order valence-electron chi connectivity index (χ4n) is 2.78. The topological polar surface area (TPSA) is 59.1 Å². The van der Waals surface area contributed by atoms with E-state index in [9.17, 15) is 4.39 Å². The number of ether oxygens (including phenoxy) is 1. The zero-order chi connectivity index (χ0) is 14.7. The molecule has 20 heavy (non-hydrogen) atoms. The third kappa shape index (κ3) is 3.57. The summed E-state index contributed by atoms with van der Waals surface area (Å²) < 4.78 is 19.1. The lowest BCUT2D eigenvalue weighted by molar-refractivity contribution is -0.00751. The van der Waals surface area contributed by atoms with Crippen molar-refractivity contribution in [3.8, 4) is 0 Å². The molecule has 0 heterocycles. The summed E-state index contributed by atoms with van der Waals surface area (Å²) in [5.74, 6) is 0.940. The Morgan fingerprint density at radius 1 is 1.35 bits per heavy atom. The molecule has 0 aliphatic heterocycles. The molecule has 0 bridgehead atoms. The Hall–Kier alpha value is -1.42. The highest BCUT2D eigenvalue weighted by Gasteiger charge is 2.25. The number of hydrogen-bond donors (Lipinski definition) is 2. The average molecular weight is 278 g/mol. The molecule has 1 aromatic rings. The van der Waals surface area contributed by atoms with Gasteiger partial charge in [0.05, 0.1) is 12.7 Å². The minimum atomic E-state index is -0.376. The Bertz CT molecular complexity index is 489. The van der Waals surface area contributed by atoms with Crippen LogP contribution in [0.1, 0.15) is 44.2 Å². The van der Waals surface area contributed by atoms with E-state index in [1.54, 1.807) is 6.07 Å². The van der Waals surface area contributed by atoms with Crippen molar-refractivity contribution in [1.29, 1.82) is 5.41 Å². The van der Waals surface area contributed by atoms with E-state index in [0.29, 0.717) is 18.1 Å². The molecule has 0 saturated heterocycles. The maximum Gasteiger partial charge on any atom is 0.123 e. The Balaban J connectivity index is 1.99. The van der Waals surface area contributed by atoms with Crippen molar-refractivity contribution >= 4 is 5.84 Å². The lowest BCUT2D eigenvalue weighted by Gasteiger charge is -2.32. The van der Waals surface area contributed by atoms with Crippen LogP contribution in [-0.2, 0) is 11.3 Å². The SMILES string of the molecule is CC1CCC(OCc2ccc(F)cc2C(=N)N)CC1C. The molecule has 3 N–H and O–H groups in total. The molecule has 2 rings (SSSR count). The van der Waals surface area contributed by atoms with Gasteiger partial charge in [-0.1, -0.05) is 19.9 Å². The Morgan fingerprint density at radius 3 is 2.75 bits per heavy atom. The fraction of sp³-hybridized carbons (Fsp3) is 0.562. The molecule has 110 valence electrons. The molecule has 0 spiro atoms. The molecule has 1 saturated carbocycles. The number of benzene rings is 1. The van der Waals surface area contributed by atoms with Gasteiger partial charge in [0.25, 0.3) is 0 Å². The van der Waals surface area contributed by atoms with E-state index in [1.165, 1.54) is 18.6 Å². The highest BCUT2D eigenvalue weighted by Crippen LogP contribution is 2.31. The first kappa shape index (κ1) is 15.0. The summed E-state index contributed by atoms with van der Waals surface area (Å²) in [7, 11) is 0. The molecule has 0 amide bonds. The van der Waals surface area contributed by atoms with Gasteiger partial charge >= 0.3 is 0 Å². The van der Waals surface area contributed by atoms with Crippen LogP contribution in [0.4, 0.5) is 4.39 Å². The first-order valence-corrected chi connectivity index (χ1v) is 7.21. The first-order chi connectivity index (χ1) is 9.47. The number of halogens is 1. The van der Waals surface area contributed by atoms with Crippen molar-refractivity contribution in [2.45, 2.75) is 45.8 Å². The van der Waals surface area contributed by atoms with E-state index in [0.717, 1.165) is 24.3 Å². The lowest BCUT2D eigenvalue weighted by atomic mass is 9.80. The average Bonchev–Trinajstić information content (AvgIpc) is 2.41. The summed E-state index contributed by atoms with van der Waals surface area (Å²) in [5, 5.41) is 7.51. The highest BCUT2D eigenvalue weighted by molar-refractivity contribution is 5.96. The van der Waals surface area contributed by atoms with Crippen LogP contribution in [0.3, 0.4) is 0 Å². The standard InChI is InChI=1S/C16H23FN2O/c1-10-3-6-14(7-11(10)2)20-9-12-4-5-13(17)8-15(12)16(18)19/h4-5,8,10-11,14H,3,6-7,9H2,1-2H3,(H3,18,19). The predicted molar refractivity (Wildman–Crippen MR) is 78.2 cm³/mol. The maximum absolute atomic E-state index is 13.2. The van der Waals surface area contributed by atoms with Gasteiger partial charge in [0, 0.05) is 5.56 Å². The fourth-order valence-corrected chi connectivity index (χ4v) is 2.78. The Labute approximate surface area is 119 Å². The Kier molecular flexibility index (Phi) is 4.76. The predicted octanol–water partition coefficient (Wildman–Crippen LogP) is 3.45. The third-order valence-electron chi connectivity index (χ3n) is 4.39. The van der Waals surface area contributed by atoms with E-state index in [1.807, 2.05) is 0 Å². The monoisotopic (exact) mass is 278 g/mol. The zero-order valence-electron chi connectivity index (χ0n) is 12.2. The largest absolute Gasteiger partial charge is 0.384 e. The van der Waals surface area contributed by atoms with Crippen LogP contribution in [-0.4, -0.2) is 11.9 Å². The number of amidine groups is 1. The number of nitrogens with two attached hydrogens (primary N) is 1. The van der Waals surface area contributed by atoms with Crippen LogP contribution < -0.4 is 5.73 Å². The van der Waals surface area contributed by atoms with Crippen molar-refractivity contribution in [3.63, 3.8) is 0 Å². The van der Waals surface area contributed by atoms with E-state index < -0.39 is 0 Å². The van der Waals surface area contributed by atoms with Crippen molar-refractivity contribution in [2.75, 3.05) is 0 Å². The minimum absolute atomic E-state index is 0.117. The van der Waals surface area contributed by atoms with Gasteiger partial charge in [0.1, 0.15) is 11.7 Å². The quantitative estimate of drug-likeness (QED) is 0.654. The van der Waals surface area contributed by atoms with Gasteiger partial charge < -0.3 is 10.5 Å². The lowest BCUT2D eigenvalue weighted by Crippen LogP contribution is -2.27. The van der Waals surface area contributed by atoms with E-state index in [2.05, 4.69) is 13.8 Å². The van der Waals surface area contributed by atoms with Gasteiger partial charge in [-0.15, -0.1) is 0 Å². The molecule has 4 heteroatoms. The van der Waals surface area contributed by atoms with Crippen molar-refractivity contribution in [3.05, 3.63) is 35.1 Å². The Morgan fingerprint density at radius 2 is 2.10 bits per heavy atom. The summed E-state index contributed by atoms with van der Waals surface area (Å²) in [5.41, 5.74) is 6.71. The molecule has 3 unspecified atom stereocenters. The van der Waals surface area contributed by atoms with E-state index >= 15 is 0 Å². The first-order valence-electron chi connectivity index (χ1n) is 7.21. The van der Waals surface area contributed by atoms with E-state index in [4.69, 9.17) is 15.9 Å². The van der Waals surface area contributed by atoms with Crippen LogP contribution in [0.2, 0.25) is 0 Å². The van der Waals surface area contributed by atoms with Crippen molar-refractivity contribution in [2.24, 2.45) is 17.6 Å². The van der Waals surface area contributed by atoms with Gasteiger partial charge in [-0.25, -0.2) is 4.39 Å². The normalized spacial score (nSPS) is 26.4. The second-order valence-electron chi connectivity index (χ2n) is 5.92. The second-order valence-corrected chi connectivity index (χ2v) is 5.92. The maximum atomic E-state index is 13.2. The van der Waals surface area contributed by atoms with Gasteiger partial charge in [-0.05, 0) is 48.8 Å². The van der Waals surface area contributed by atoms with Gasteiger partial charge in [-0.3, -0.25) is 5.41 Å². The third-order valence-corrected chi connectivity index (χ3v) is 4.39. The number of hydrogen-bond acceptors (Lipinski definition) is 2.